The van der Waals surface area contributed by atoms with Gasteiger partial charge in [0.25, 0.3) is 5.91 Å². The molecule has 2 atom stereocenters. The van der Waals surface area contributed by atoms with E-state index in [-0.39, 0.29) is 23.8 Å². The van der Waals surface area contributed by atoms with Crippen LogP contribution in [0, 0.1) is 5.92 Å². The summed E-state index contributed by atoms with van der Waals surface area (Å²) in [5.41, 5.74) is 5.89. The van der Waals surface area contributed by atoms with Crippen molar-refractivity contribution in [3.8, 4) is 5.82 Å². The SMILES string of the molecule is C[C@H]1CC[C@@H](C(N)=O)CN1C(=O)c1ccc(-n2cccn2)nc1. The molecule has 1 aliphatic heterocycles. The smallest absolute Gasteiger partial charge is 0.255 e. The summed E-state index contributed by atoms with van der Waals surface area (Å²) in [5.74, 6) is -0.0930. The van der Waals surface area contributed by atoms with E-state index in [4.69, 9.17) is 5.73 Å². The number of pyridine rings is 1. The highest BCUT2D eigenvalue weighted by Gasteiger charge is 2.32. The highest BCUT2D eigenvalue weighted by atomic mass is 16.2. The zero-order valence-electron chi connectivity index (χ0n) is 12.9. The Morgan fingerprint density at radius 2 is 2.13 bits per heavy atom. The summed E-state index contributed by atoms with van der Waals surface area (Å²) >= 11 is 0. The number of hydrogen-bond acceptors (Lipinski definition) is 4. The van der Waals surface area contributed by atoms with Crippen LogP contribution in [0.25, 0.3) is 5.82 Å². The van der Waals surface area contributed by atoms with E-state index in [0.717, 1.165) is 12.8 Å². The predicted molar refractivity (Wildman–Crippen MR) is 83.8 cm³/mol. The Balaban J connectivity index is 1.77. The zero-order chi connectivity index (χ0) is 16.4. The fourth-order valence-electron chi connectivity index (χ4n) is 2.84. The van der Waals surface area contributed by atoms with Crippen LogP contribution in [0.1, 0.15) is 30.1 Å². The van der Waals surface area contributed by atoms with E-state index in [2.05, 4.69) is 10.1 Å². The largest absolute Gasteiger partial charge is 0.369 e. The van der Waals surface area contributed by atoms with Gasteiger partial charge in [0.15, 0.2) is 5.82 Å². The minimum Gasteiger partial charge on any atom is -0.369 e. The maximum atomic E-state index is 12.7. The maximum absolute atomic E-state index is 12.7. The van der Waals surface area contributed by atoms with Gasteiger partial charge >= 0.3 is 0 Å². The van der Waals surface area contributed by atoms with Gasteiger partial charge in [-0.25, -0.2) is 9.67 Å². The third-order valence-electron chi connectivity index (χ3n) is 4.28. The van der Waals surface area contributed by atoms with Crippen molar-refractivity contribution in [2.45, 2.75) is 25.8 Å². The third-order valence-corrected chi connectivity index (χ3v) is 4.28. The van der Waals surface area contributed by atoms with Crippen LogP contribution in [0.15, 0.2) is 36.8 Å². The second-order valence-electron chi connectivity index (χ2n) is 5.84. The molecular weight excluding hydrogens is 294 g/mol. The van der Waals surface area contributed by atoms with E-state index in [1.165, 1.54) is 0 Å². The van der Waals surface area contributed by atoms with E-state index in [1.54, 1.807) is 46.4 Å². The van der Waals surface area contributed by atoms with Crippen molar-refractivity contribution in [3.63, 3.8) is 0 Å². The summed E-state index contributed by atoms with van der Waals surface area (Å²) in [6.07, 6.45) is 6.50. The van der Waals surface area contributed by atoms with Crippen LogP contribution in [0.5, 0.6) is 0 Å². The lowest BCUT2D eigenvalue weighted by Gasteiger charge is -2.36. The molecule has 0 saturated carbocycles. The van der Waals surface area contributed by atoms with Crippen LogP contribution >= 0.6 is 0 Å². The van der Waals surface area contributed by atoms with Crippen LogP contribution in [0.3, 0.4) is 0 Å². The average Bonchev–Trinajstić information content (AvgIpc) is 3.09. The fraction of sp³-hybridized carbons (Fsp3) is 0.375. The molecule has 1 fully saturated rings. The van der Waals surface area contributed by atoms with E-state index in [0.29, 0.717) is 17.9 Å². The Morgan fingerprint density at radius 3 is 2.74 bits per heavy atom. The number of carbonyl (C=O) groups excluding carboxylic acids is 2. The second kappa shape index (κ2) is 6.20. The summed E-state index contributed by atoms with van der Waals surface area (Å²) in [7, 11) is 0. The zero-order valence-corrected chi connectivity index (χ0v) is 12.9. The summed E-state index contributed by atoms with van der Waals surface area (Å²) < 4.78 is 1.63. The lowest BCUT2D eigenvalue weighted by molar-refractivity contribution is -0.123. The lowest BCUT2D eigenvalue weighted by atomic mass is 9.92. The number of primary amides is 1. The number of amides is 2. The fourth-order valence-corrected chi connectivity index (χ4v) is 2.84. The number of nitrogens with two attached hydrogens (primary N) is 1. The van der Waals surface area contributed by atoms with Crippen LogP contribution in [0.4, 0.5) is 0 Å². The number of likely N-dealkylation sites (tertiary alicyclic amines) is 1. The van der Waals surface area contributed by atoms with E-state index < -0.39 is 0 Å². The lowest BCUT2D eigenvalue weighted by Crippen LogP contribution is -2.48. The highest BCUT2D eigenvalue weighted by Crippen LogP contribution is 2.23. The molecule has 23 heavy (non-hydrogen) atoms. The number of hydrogen-bond donors (Lipinski definition) is 1. The Labute approximate surface area is 134 Å². The first-order valence-electron chi connectivity index (χ1n) is 7.62. The molecule has 7 heteroatoms. The van der Waals surface area contributed by atoms with E-state index in [9.17, 15) is 9.59 Å². The number of carbonyl (C=O) groups is 2. The van der Waals surface area contributed by atoms with Crippen LogP contribution in [-0.2, 0) is 4.79 Å². The first-order chi connectivity index (χ1) is 11.1. The molecule has 0 unspecified atom stereocenters. The predicted octanol–water partition coefficient (Wildman–Crippen LogP) is 0.993. The van der Waals surface area contributed by atoms with Gasteiger partial charge in [-0.15, -0.1) is 0 Å². The maximum Gasteiger partial charge on any atom is 0.255 e. The number of aromatic nitrogens is 3. The molecule has 2 N–H and O–H groups in total. The number of piperidine rings is 1. The van der Waals surface area contributed by atoms with Crippen LogP contribution in [0.2, 0.25) is 0 Å². The summed E-state index contributed by atoms with van der Waals surface area (Å²) in [5, 5.41) is 4.10. The molecule has 3 heterocycles. The number of nitrogens with zero attached hydrogens (tertiary/aromatic N) is 4. The molecule has 2 aromatic rings. The summed E-state index contributed by atoms with van der Waals surface area (Å²) in [4.78, 5) is 30.1. The highest BCUT2D eigenvalue weighted by molar-refractivity contribution is 5.94. The van der Waals surface area contributed by atoms with Crippen molar-refractivity contribution in [2.24, 2.45) is 11.7 Å². The monoisotopic (exact) mass is 313 g/mol. The van der Waals surface area contributed by atoms with Gasteiger partial charge in [0.2, 0.25) is 5.91 Å². The first kappa shape index (κ1) is 15.2. The molecular formula is C16H19N5O2. The van der Waals surface area contributed by atoms with Gasteiger partial charge in [-0.2, -0.15) is 5.10 Å². The topological polar surface area (TPSA) is 94.1 Å². The molecule has 0 spiro atoms. The van der Waals surface area contributed by atoms with Gasteiger partial charge in [0.05, 0.1) is 11.5 Å². The minimum atomic E-state index is -0.346. The van der Waals surface area contributed by atoms with Crippen LogP contribution in [-0.4, -0.2) is 44.1 Å². The molecule has 7 nitrogen and oxygen atoms in total. The molecule has 2 aromatic heterocycles. The van der Waals surface area contributed by atoms with Gasteiger partial charge in [0, 0.05) is 31.2 Å². The standard InChI is InChI=1S/C16H19N5O2/c1-11-3-4-13(15(17)22)10-20(11)16(23)12-5-6-14(18-9-12)21-8-2-7-19-21/h2,5-9,11,13H,3-4,10H2,1H3,(H2,17,22)/t11-,13+/m0/s1. The molecule has 0 bridgehead atoms. The van der Waals surface area contributed by atoms with Gasteiger partial charge in [-0.05, 0) is 38.0 Å². The van der Waals surface area contributed by atoms with Gasteiger partial charge in [-0.1, -0.05) is 0 Å². The van der Waals surface area contributed by atoms with Crippen LogP contribution < -0.4 is 5.73 Å². The normalized spacial score (nSPS) is 21.2. The van der Waals surface area contributed by atoms with Crippen molar-refractivity contribution in [2.75, 3.05) is 6.54 Å². The van der Waals surface area contributed by atoms with Crippen molar-refractivity contribution >= 4 is 11.8 Å². The van der Waals surface area contributed by atoms with Gasteiger partial charge in [0.1, 0.15) is 0 Å². The summed E-state index contributed by atoms with van der Waals surface area (Å²) in [6.45, 7) is 2.36. The van der Waals surface area contributed by atoms with Crippen molar-refractivity contribution in [1.82, 2.24) is 19.7 Å². The van der Waals surface area contributed by atoms with Crippen molar-refractivity contribution < 1.29 is 9.59 Å². The first-order valence-corrected chi connectivity index (χ1v) is 7.62. The number of rotatable bonds is 3. The molecule has 3 rings (SSSR count). The molecule has 2 amide bonds. The minimum absolute atomic E-state index is 0.0869. The van der Waals surface area contributed by atoms with Gasteiger partial charge in [-0.3, -0.25) is 9.59 Å². The Hall–Kier alpha value is -2.70. The quantitative estimate of drug-likeness (QED) is 0.914. The second-order valence-corrected chi connectivity index (χ2v) is 5.84. The van der Waals surface area contributed by atoms with E-state index >= 15 is 0 Å². The molecule has 1 saturated heterocycles. The van der Waals surface area contributed by atoms with Gasteiger partial charge < -0.3 is 10.6 Å². The van der Waals surface area contributed by atoms with Crippen molar-refractivity contribution in [1.29, 1.82) is 0 Å². The molecule has 0 aliphatic carbocycles. The Morgan fingerprint density at radius 1 is 1.30 bits per heavy atom. The average molecular weight is 313 g/mol. The summed E-state index contributed by atoms with van der Waals surface area (Å²) in [6, 6.07) is 5.37. The Bertz CT molecular complexity index is 696. The van der Waals surface area contributed by atoms with E-state index in [1.807, 2.05) is 6.92 Å². The molecule has 0 radical (unpaired) electrons. The Kier molecular flexibility index (Phi) is 4.10. The molecule has 0 aromatic carbocycles. The van der Waals surface area contributed by atoms with Crippen molar-refractivity contribution in [3.05, 3.63) is 42.4 Å². The molecule has 120 valence electrons. The molecule has 1 aliphatic rings. The third kappa shape index (κ3) is 3.08.